The predicted molar refractivity (Wildman–Crippen MR) is 85.5 cm³/mol. The van der Waals surface area contributed by atoms with Gasteiger partial charge >= 0.3 is 5.97 Å². The molecule has 1 aliphatic rings. The van der Waals surface area contributed by atoms with Crippen LogP contribution in [-0.2, 0) is 14.3 Å². The van der Waals surface area contributed by atoms with E-state index in [1.54, 1.807) is 0 Å². The first kappa shape index (κ1) is 17.6. The van der Waals surface area contributed by atoms with Gasteiger partial charge in [0, 0.05) is 11.6 Å². The smallest absolute Gasteiger partial charge is 0.326 e. The van der Waals surface area contributed by atoms with Crippen LogP contribution in [0.5, 0.6) is 0 Å². The molecule has 0 spiro atoms. The molecule has 6 nitrogen and oxygen atoms in total. The highest BCUT2D eigenvalue weighted by atomic mass is 35.5. The van der Waals surface area contributed by atoms with Gasteiger partial charge in [0.05, 0.1) is 10.0 Å². The number of esters is 1. The van der Waals surface area contributed by atoms with Crippen LogP contribution in [0.25, 0.3) is 0 Å². The third-order valence-corrected chi connectivity index (χ3v) is 3.92. The largest absolute Gasteiger partial charge is 0.451 e. The molecule has 1 aromatic rings. The van der Waals surface area contributed by atoms with Gasteiger partial charge < -0.3 is 15.4 Å². The van der Waals surface area contributed by atoms with Crippen molar-refractivity contribution in [1.82, 2.24) is 10.6 Å². The van der Waals surface area contributed by atoms with Gasteiger partial charge in [-0.15, -0.1) is 0 Å². The molecule has 8 heteroatoms. The highest BCUT2D eigenvalue weighted by Gasteiger charge is 2.27. The zero-order valence-corrected chi connectivity index (χ0v) is 13.9. The van der Waals surface area contributed by atoms with E-state index < -0.39 is 18.0 Å². The van der Waals surface area contributed by atoms with Crippen molar-refractivity contribution in [3.63, 3.8) is 0 Å². The second-order valence-electron chi connectivity index (χ2n) is 5.23. The van der Waals surface area contributed by atoms with Crippen LogP contribution in [0.4, 0.5) is 0 Å². The quantitative estimate of drug-likeness (QED) is 0.761. The van der Waals surface area contributed by atoms with Crippen molar-refractivity contribution in [1.29, 1.82) is 0 Å². The number of hydrogen-bond acceptors (Lipinski definition) is 4. The van der Waals surface area contributed by atoms with E-state index in [-0.39, 0.29) is 29.1 Å². The molecule has 0 aliphatic heterocycles. The summed E-state index contributed by atoms with van der Waals surface area (Å²) in [6, 6.07) is 4.57. The molecule has 0 saturated heterocycles. The Labute approximate surface area is 143 Å². The Morgan fingerprint density at radius 3 is 2.57 bits per heavy atom. The van der Waals surface area contributed by atoms with E-state index in [2.05, 4.69) is 10.6 Å². The Bertz CT molecular complexity index is 632. The van der Waals surface area contributed by atoms with Crippen molar-refractivity contribution >= 4 is 41.0 Å². The van der Waals surface area contributed by atoms with Crippen LogP contribution in [0.2, 0.25) is 10.0 Å². The molecule has 1 aromatic carbocycles. The second-order valence-corrected chi connectivity index (χ2v) is 6.04. The molecular weight excluding hydrogens is 343 g/mol. The molecule has 1 saturated carbocycles. The minimum absolute atomic E-state index is 0.193. The van der Waals surface area contributed by atoms with E-state index in [0.29, 0.717) is 5.02 Å². The molecule has 0 unspecified atom stereocenters. The summed E-state index contributed by atoms with van der Waals surface area (Å²) in [5.41, 5.74) is 0.270. The van der Waals surface area contributed by atoms with Gasteiger partial charge in [0.2, 0.25) is 0 Å². The lowest BCUT2D eigenvalue weighted by atomic mass is 10.2. The van der Waals surface area contributed by atoms with E-state index >= 15 is 0 Å². The lowest BCUT2D eigenvalue weighted by Gasteiger charge is -2.13. The van der Waals surface area contributed by atoms with E-state index in [1.165, 1.54) is 25.1 Å². The van der Waals surface area contributed by atoms with Gasteiger partial charge in [-0.2, -0.15) is 0 Å². The summed E-state index contributed by atoms with van der Waals surface area (Å²) in [5.74, 6) is -1.52. The number of carbonyl (C=O) groups excluding carboxylic acids is 3. The van der Waals surface area contributed by atoms with Crippen molar-refractivity contribution in [2.45, 2.75) is 31.9 Å². The summed E-state index contributed by atoms with van der Waals surface area (Å²) >= 11 is 11.6. The van der Waals surface area contributed by atoms with E-state index in [1.807, 2.05) is 0 Å². The second kappa shape index (κ2) is 7.66. The summed E-state index contributed by atoms with van der Waals surface area (Å²) in [5, 5.41) is 5.70. The van der Waals surface area contributed by atoms with Crippen molar-refractivity contribution in [3.8, 4) is 0 Å². The fourth-order valence-electron chi connectivity index (χ4n) is 1.73. The minimum atomic E-state index is -0.898. The first-order chi connectivity index (χ1) is 10.9. The molecule has 1 atom stereocenters. The van der Waals surface area contributed by atoms with Crippen LogP contribution in [0.15, 0.2) is 18.2 Å². The lowest BCUT2D eigenvalue weighted by Crippen LogP contribution is -2.39. The summed E-state index contributed by atoms with van der Waals surface area (Å²) in [4.78, 5) is 35.2. The van der Waals surface area contributed by atoms with E-state index in [9.17, 15) is 14.4 Å². The van der Waals surface area contributed by atoms with Gasteiger partial charge in [0.1, 0.15) is 6.54 Å². The molecule has 0 heterocycles. The molecule has 0 bridgehead atoms. The van der Waals surface area contributed by atoms with Crippen LogP contribution >= 0.6 is 23.2 Å². The highest BCUT2D eigenvalue weighted by Crippen LogP contribution is 2.22. The van der Waals surface area contributed by atoms with Crippen LogP contribution < -0.4 is 10.6 Å². The third-order valence-electron chi connectivity index (χ3n) is 3.18. The van der Waals surface area contributed by atoms with Crippen LogP contribution in [0.3, 0.4) is 0 Å². The van der Waals surface area contributed by atoms with Crippen LogP contribution in [-0.4, -0.2) is 36.5 Å². The van der Waals surface area contributed by atoms with Crippen molar-refractivity contribution in [2.24, 2.45) is 0 Å². The average molecular weight is 359 g/mol. The number of nitrogens with one attached hydrogen (secondary N) is 2. The molecule has 0 radical (unpaired) electrons. The molecule has 2 rings (SSSR count). The maximum Gasteiger partial charge on any atom is 0.326 e. The third kappa shape index (κ3) is 5.41. The van der Waals surface area contributed by atoms with Gasteiger partial charge in [0.25, 0.3) is 11.8 Å². The van der Waals surface area contributed by atoms with Crippen molar-refractivity contribution < 1.29 is 19.1 Å². The summed E-state index contributed by atoms with van der Waals surface area (Å²) in [6.45, 7) is 1.14. The SMILES string of the molecule is C[C@@H](OC(=O)CNC(=O)c1ccc(Cl)c(Cl)c1)C(=O)NC1CC1. The van der Waals surface area contributed by atoms with E-state index in [0.717, 1.165) is 12.8 Å². The molecular formula is C15H16Cl2N2O4. The highest BCUT2D eigenvalue weighted by molar-refractivity contribution is 6.42. The zero-order chi connectivity index (χ0) is 17.0. The standard InChI is InChI=1S/C15H16Cl2N2O4/c1-8(14(21)19-10-3-4-10)23-13(20)7-18-15(22)9-2-5-11(16)12(17)6-9/h2,5-6,8,10H,3-4,7H2,1H3,(H,18,22)(H,19,21)/t8-/m1/s1. The lowest BCUT2D eigenvalue weighted by molar-refractivity contribution is -0.153. The Morgan fingerprint density at radius 2 is 1.96 bits per heavy atom. The molecule has 1 fully saturated rings. The number of amides is 2. The molecule has 23 heavy (non-hydrogen) atoms. The fraction of sp³-hybridized carbons (Fsp3) is 0.400. The number of carbonyl (C=O) groups is 3. The Balaban J connectivity index is 1.77. The maximum absolute atomic E-state index is 11.9. The molecule has 1 aliphatic carbocycles. The molecule has 124 valence electrons. The Hall–Kier alpha value is -1.79. The van der Waals surface area contributed by atoms with Gasteiger partial charge in [-0.25, -0.2) is 0 Å². The minimum Gasteiger partial charge on any atom is -0.451 e. The summed E-state index contributed by atoms with van der Waals surface area (Å²) in [6.07, 6.45) is 1.00. The van der Waals surface area contributed by atoms with Gasteiger partial charge in [-0.3, -0.25) is 14.4 Å². The monoisotopic (exact) mass is 358 g/mol. The van der Waals surface area contributed by atoms with Crippen molar-refractivity contribution in [2.75, 3.05) is 6.54 Å². The molecule has 0 aromatic heterocycles. The van der Waals surface area contributed by atoms with Crippen LogP contribution in [0, 0.1) is 0 Å². The normalized spacial score (nSPS) is 14.7. The first-order valence-electron chi connectivity index (χ1n) is 7.10. The first-order valence-corrected chi connectivity index (χ1v) is 7.85. The number of ether oxygens (including phenoxy) is 1. The number of halogens is 2. The van der Waals surface area contributed by atoms with E-state index in [4.69, 9.17) is 27.9 Å². The van der Waals surface area contributed by atoms with Gasteiger partial charge in [-0.05, 0) is 38.0 Å². The Morgan fingerprint density at radius 1 is 1.26 bits per heavy atom. The van der Waals surface area contributed by atoms with Crippen molar-refractivity contribution in [3.05, 3.63) is 33.8 Å². The van der Waals surface area contributed by atoms with Crippen LogP contribution in [0.1, 0.15) is 30.1 Å². The molecule has 2 N–H and O–H groups in total. The molecule has 2 amide bonds. The van der Waals surface area contributed by atoms with Gasteiger partial charge in [-0.1, -0.05) is 23.2 Å². The number of rotatable bonds is 6. The van der Waals surface area contributed by atoms with Gasteiger partial charge in [0.15, 0.2) is 6.10 Å². The maximum atomic E-state index is 11.9. The number of benzene rings is 1. The Kier molecular flexibility index (Phi) is 5.85. The average Bonchev–Trinajstić information content (AvgIpc) is 3.31. The predicted octanol–water partition coefficient (Wildman–Crippen LogP) is 1.93. The summed E-state index contributed by atoms with van der Waals surface area (Å²) in [7, 11) is 0. The number of hydrogen-bond donors (Lipinski definition) is 2. The zero-order valence-electron chi connectivity index (χ0n) is 12.4. The summed E-state index contributed by atoms with van der Waals surface area (Å²) < 4.78 is 4.96. The topological polar surface area (TPSA) is 84.5 Å². The fourth-order valence-corrected chi connectivity index (χ4v) is 2.03.